The lowest BCUT2D eigenvalue weighted by Gasteiger charge is -2.39. The van der Waals surface area contributed by atoms with E-state index in [-0.39, 0.29) is 18.4 Å². The molecule has 0 saturated carbocycles. The number of piperazine rings is 1. The third-order valence-corrected chi connectivity index (χ3v) is 5.12. The van der Waals surface area contributed by atoms with E-state index in [9.17, 15) is 9.59 Å². The summed E-state index contributed by atoms with van der Waals surface area (Å²) in [5.41, 5.74) is 0.849. The zero-order valence-corrected chi connectivity index (χ0v) is 16.2. The number of aromatic nitrogens is 2. The molecular formula is C20H23N5O4. The molecule has 29 heavy (non-hydrogen) atoms. The van der Waals surface area contributed by atoms with E-state index in [1.54, 1.807) is 24.3 Å². The molecule has 2 atom stereocenters. The molecule has 1 aromatic carbocycles. The largest absolute Gasteiger partial charge is 0.481 e. The molecule has 152 valence electrons. The van der Waals surface area contributed by atoms with E-state index < -0.39 is 12.1 Å². The van der Waals surface area contributed by atoms with Gasteiger partial charge in [-0.05, 0) is 5.56 Å². The standard InChI is InChI=1S/C20H23N5O4/c1-28-16-7-8-21-20(23-16)25-11-9-24(10-12-25)19(27)18-17(22-15(26)13-29-18)14-5-3-2-4-6-14/h2-8,17-18H,9-13H2,1H3,(H,22,26)/t17-,18+/m1/s1. The molecule has 0 bridgehead atoms. The highest BCUT2D eigenvalue weighted by molar-refractivity contribution is 5.86. The number of nitrogens with zero attached hydrogens (tertiary/aromatic N) is 4. The van der Waals surface area contributed by atoms with E-state index in [2.05, 4.69) is 15.3 Å². The summed E-state index contributed by atoms with van der Waals surface area (Å²) >= 11 is 0. The number of nitrogens with one attached hydrogen (secondary N) is 1. The maximum absolute atomic E-state index is 13.2. The van der Waals surface area contributed by atoms with Gasteiger partial charge in [0.05, 0.1) is 13.2 Å². The Morgan fingerprint density at radius 1 is 1.17 bits per heavy atom. The molecule has 2 amide bonds. The summed E-state index contributed by atoms with van der Waals surface area (Å²) in [5.74, 6) is 0.748. The summed E-state index contributed by atoms with van der Waals surface area (Å²) < 4.78 is 10.8. The van der Waals surface area contributed by atoms with Crippen LogP contribution >= 0.6 is 0 Å². The Labute approximate surface area is 168 Å². The van der Waals surface area contributed by atoms with Crippen molar-refractivity contribution in [2.75, 3.05) is 44.8 Å². The highest BCUT2D eigenvalue weighted by atomic mass is 16.5. The molecule has 0 radical (unpaired) electrons. The van der Waals surface area contributed by atoms with Crippen LogP contribution in [0, 0.1) is 0 Å². The van der Waals surface area contributed by atoms with E-state index in [0.29, 0.717) is 38.0 Å². The summed E-state index contributed by atoms with van der Waals surface area (Å²) in [5, 5.41) is 2.89. The lowest BCUT2D eigenvalue weighted by Crippen LogP contribution is -2.57. The van der Waals surface area contributed by atoms with Gasteiger partial charge < -0.3 is 24.6 Å². The van der Waals surface area contributed by atoms with Crippen molar-refractivity contribution in [3.05, 3.63) is 48.2 Å². The molecule has 1 aromatic heterocycles. The molecule has 9 nitrogen and oxygen atoms in total. The summed E-state index contributed by atoms with van der Waals surface area (Å²) in [7, 11) is 1.56. The van der Waals surface area contributed by atoms with Crippen LogP contribution in [0.2, 0.25) is 0 Å². The summed E-state index contributed by atoms with van der Waals surface area (Å²) in [6, 6.07) is 10.6. The Bertz CT molecular complexity index is 870. The minimum Gasteiger partial charge on any atom is -0.481 e. The molecule has 0 unspecified atom stereocenters. The van der Waals surface area contributed by atoms with Crippen molar-refractivity contribution >= 4 is 17.8 Å². The quantitative estimate of drug-likeness (QED) is 0.797. The molecule has 2 aliphatic heterocycles. The zero-order chi connectivity index (χ0) is 20.2. The number of ether oxygens (including phenoxy) is 2. The number of morpholine rings is 1. The van der Waals surface area contributed by atoms with Crippen LogP contribution in [0.25, 0.3) is 0 Å². The molecule has 2 aliphatic rings. The van der Waals surface area contributed by atoms with Gasteiger partial charge >= 0.3 is 0 Å². The molecule has 4 rings (SSSR count). The van der Waals surface area contributed by atoms with Gasteiger partial charge in [0, 0.05) is 38.4 Å². The van der Waals surface area contributed by atoms with Crippen LogP contribution in [-0.2, 0) is 14.3 Å². The first kappa shape index (κ1) is 19.1. The van der Waals surface area contributed by atoms with E-state index in [4.69, 9.17) is 9.47 Å². The first-order chi connectivity index (χ1) is 14.2. The number of hydrogen-bond acceptors (Lipinski definition) is 7. The monoisotopic (exact) mass is 397 g/mol. The molecular weight excluding hydrogens is 374 g/mol. The van der Waals surface area contributed by atoms with Crippen molar-refractivity contribution in [2.45, 2.75) is 12.1 Å². The van der Waals surface area contributed by atoms with E-state index in [0.717, 1.165) is 5.56 Å². The van der Waals surface area contributed by atoms with Gasteiger partial charge in [-0.3, -0.25) is 9.59 Å². The lowest BCUT2D eigenvalue weighted by atomic mass is 9.98. The summed E-state index contributed by atoms with van der Waals surface area (Å²) in [6.45, 7) is 2.14. The molecule has 9 heteroatoms. The molecule has 0 aliphatic carbocycles. The number of benzene rings is 1. The average molecular weight is 397 g/mol. The molecule has 2 saturated heterocycles. The van der Waals surface area contributed by atoms with Gasteiger partial charge in [-0.2, -0.15) is 4.98 Å². The normalized spacial score (nSPS) is 22.2. The van der Waals surface area contributed by atoms with E-state index in [1.165, 1.54) is 0 Å². The predicted molar refractivity (Wildman–Crippen MR) is 104 cm³/mol. The third-order valence-electron chi connectivity index (χ3n) is 5.12. The van der Waals surface area contributed by atoms with Crippen molar-refractivity contribution in [3.8, 4) is 5.88 Å². The van der Waals surface area contributed by atoms with Gasteiger partial charge in [-0.1, -0.05) is 30.3 Å². The van der Waals surface area contributed by atoms with Crippen LogP contribution in [0.15, 0.2) is 42.6 Å². The molecule has 1 N–H and O–H groups in total. The van der Waals surface area contributed by atoms with Gasteiger partial charge in [0.1, 0.15) is 6.61 Å². The number of anilines is 1. The number of rotatable bonds is 4. The Hall–Kier alpha value is -3.20. The van der Waals surface area contributed by atoms with Gasteiger partial charge in [0.25, 0.3) is 5.91 Å². The van der Waals surface area contributed by atoms with Crippen LogP contribution in [0.3, 0.4) is 0 Å². The Morgan fingerprint density at radius 3 is 2.66 bits per heavy atom. The number of carbonyl (C=O) groups is 2. The highest BCUT2D eigenvalue weighted by Gasteiger charge is 2.39. The van der Waals surface area contributed by atoms with Gasteiger partial charge in [0.2, 0.25) is 17.7 Å². The minimum absolute atomic E-state index is 0.114. The van der Waals surface area contributed by atoms with Crippen molar-refractivity contribution in [1.29, 1.82) is 0 Å². The average Bonchev–Trinajstić information content (AvgIpc) is 2.79. The van der Waals surface area contributed by atoms with E-state index >= 15 is 0 Å². The number of carbonyl (C=O) groups excluding carboxylic acids is 2. The lowest BCUT2D eigenvalue weighted by molar-refractivity contribution is -0.155. The Balaban J connectivity index is 1.43. The second-order valence-electron chi connectivity index (χ2n) is 6.90. The molecule has 2 aromatic rings. The highest BCUT2D eigenvalue weighted by Crippen LogP contribution is 2.25. The number of methoxy groups -OCH3 is 1. The SMILES string of the molecule is COc1ccnc(N2CCN(C(=O)[C@H]3OCC(=O)N[C@@H]3c3ccccc3)CC2)n1. The van der Waals surface area contributed by atoms with Gasteiger partial charge in [-0.15, -0.1) is 0 Å². The van der Waals surface area contributed by atoms with Crippen LogP contribution in [0.5, 0.6) is 5.88 Å². The summed E-state index contributed by atoms with van der Waals surface area (Å²) in [4.78, 5) is 37.5. The maximum Gasteiger partial charge on any atom is 0.254 e. The van der Waals surface area contributed by atoms with Crippen molar-refractivity contribution < 1.29 is 19.1 Å². The fourth-order valence-electron chi connectivity index (χ4n) is 3.59. The van der Waals surface area contributed by atoms with Crippen LogP contribution in [0.4, 0.5) is 5.95 Å². The molecule has 2 fully saturated rings. The molecule has 0 spiro atoms. The summed E-state index contributed by atoms with van der Waals surface area (Å²) in [6.07, 6.45) is 0.913. The van der Waals surface area contributed by atoms with Crippen molar-refractivity contribution in [1.82, 2.24) is 20.2 Å². The fraction of sp³-hybridized carbons (Fsp3) is 0.400. The van der Waals surface area contributed by atoms with Crippen LogP contribution in [-0.4, -0.2) is 72.7 Å². The van der Waals surface area contributed by atoms with E-state index in [1.807, 2.05) is 35.2 Å². The maximum atomic E-state index is 13.2. The Kier molecular flexibility index (Phi) is 5.57. The minimum atomic E-state index is -0.741. The first-order valence-electron chi connectivity index (χ1n) is 9.52. The number of hydrogen-bond donors (Lipinski definition) is 1. The van der Waals surface area contributed by atoms with Crippen molar-refractivity contribution in [2.24, 2.45) is 0 Å². The number of amides is 2. The van der Waals surface area contributed by atoms with Crippen molar-refractivity contribution in [3.63, 3.8) is 0 Å². The Morgan fingerprint density at radius 2 is 1.93 bits per heavy atom. The smallest absolute Gasteiger partial charge is 0.254 e. The third kappa shape index (κ3) is 4.14. The second kappa shape index (κ2) is 8.44. The van der Waals surface area contributed by atoms with Gasteiger partial charge in [-0.25, -0.2) is 4.98 Å². The predicted octanol–water partition coefficient (Wildman–Crippen LogP) is 0.390. The fourth-order valence-corrected chi connectivity index (χ4v) is 3.59. The zero-order valence-electron chi connectivity index (χ0n) is 16.2. The topological polar surface area (TPSA) is 96.9 Å². The van der Waals surface area contributed by atoms with Crippen LogP contribution in [0.1, 0.15) is 11.6 Å². The molecule has 3 heterocycles. The first-order valence-corrected chi connectivity index (χ1v) is 9.52. The van der Waals surface area contributed by atoms with Gasteiger partial charge in [0.15, 0.2) is 6.10 Å². The second-order valence-corrected chi connectivity index (χ2v) is 6.90. The van der Waals surface area contributed by atoms with Crippen LogP contribution < -0.4 is 15.0 Å².